The van der Waals surface area contributed by atoms with Crippen molar-refractivity contribution in [1.82, 2.24) is 0 Å². The number of carbonyl (C=O) groups is 1. The molecule has 0 saturated carbocycles. The Morgan fingerprint density at radius 2 is 1.95 bits per heavy atom. The van der Waals surface area contributed by atoms with E-state index in [1.807, 2.05) is 0 Å². The highest BCUT2D eigenvalue weighted by molar-refractivity contribution is 6.35. The van der Waals surface area contributed by atoms with Gasteiger partial charge in [-0.05, 0) is 30.7 Å². The van der Waals surface area contributed by atoms with E-state index in [1.54, 1.807) is 18.2 Å². The lowest BCUT2D eigenvalue weighted by Crippen LogP contribution is -2.07. The van der Waals surface area contributed by atoms with Crippen LogP contribution >= 0.6 is 11.6 Å². The van der Waals surface area contributed by atoms with Crippen molar-refractivity contribution in [2.45, 2.75) is 6.92 Å². The Morgan fingerprint density at radius 1 is 1.19 bits per heavy atom. The Hall–Kier alpha value is -2.20. The molecule has 5 heteroatoms. The van der Waals surface area contributed by atoms with Gasteiger partial charge >= 0.3 is 0 Å². The summed E-state index contributed by atoms with van der Waals surface area (Å²) >= 11 is 5.96. The molecule has 1 heterocycles. The Balaban J connectivity index is 2.17. The van der Waals surface area contributed by atoms with E-state index in [9.17, 15) is 13.6 Å². The van der Waals surface area contributed by atoms with Crippen LogP contribution in [0, 0.1) is 18.6 Å². The van der Waals surface area contributed by atoms with Crippen molar-refractivity contribution in [3.8, 4) is 0 Å². The van der Waals surface area contributed by atoms with Crippen LogP contribution in [0.15, 0.2) is 40.8 Å². The number of carbonyl (C=O) groups excluding carboxylic acids is 1. The molecule has 106 valence electrons. The predicted molar refractivity (Wildman–Crippen MR) is 75.8 cm³/mol. The molecule has 0 radical (unpaired) electrons. The van der Waals surface area contributed by atoms with Crippen LogP contribution < -0.4 is 0 Å². The zero-order valence-electron chi connectivity index (χ0n) is 10.9. The molecule has 0 aliphatic heterocycles. The standard InChI is InChI=1S/C16H9ClF2O2/c1-8-5-6-11(18)13(14(8)19)15(20)12-7-9-3-2-4-10(17)16(9)21-12/h2-7H,1H3. The van der Waals surface area contributed by atoms with Gasteiger partial charge in [0.2, 0.25) is 5.78 Å². The Bertz CT molecular complexity index is 868. The van der Waals surface area contributed by atoms with E-state index in [1.165, 1.54) is 19.1 Å². The lowest BCUT2D eigenvalue weighted by molar-refractivity contribution is 0.100. The first kappa shape index (κ1) is 13.8. The van der Waals surface area contributed by atoms with Gasteiger partial charge < -0.3 is 4.42 Å². The zero-order chi connectivity index (χ0) is 15.1. The van der Waals surface area contributed by atoms with E-state index >= 15 is 0 Å². The summed E-state index contributed by atoms with van der Waals surface area (Å²) in [5.41, 5.74) is -0.116. The molecular weight excluding hydrogens is 298 g/mol. The molecule has 0 aliphatic rings. The molecule has 1 aromatic heterocycles. The SMILES string of the molecule is Cc1ccc(F)c(C(=O)c2cc3cccc(Cl)c3o2)c1F. The largest absolute Gasteiger partial charge is 0.451 e. The van der Waals surface area contributed by atoms with Crippen molar-refractivity contribution in [2.24, 2.45) is 0 Å². The predicted octanol–water partition coefficient (Wildman–Crippen LogP) is 4.90. The summed E-state index contributed by atoms with van der Waals surface area (Å²) in [4.78, 5) is 12.3. The number of furan rings is 1. The molecule has 0 N–H and O–H groups in total. The van der Waals surface area contributed by atoms with Gasteiger partial charge in [-0.1, -0.05) is 29.8 Å². The molecule has 0 saturated heterocycles. The minimum atomic E-state index is -0.922. The highest BCUT2D eigenvalue weighted by atomic mass is 35.5. The van der Waals surface area contributed by atoms with Crippen LogP contribution in [0.1, 0.15) is 21.7 Å². The van der Waals surface area contributed by atoms with Crippen LogP contribution in [0.2, 0.25) is 5.02 Å². The van der Waals surface area contributed by atoms with Crippen LogP contribution in [-0.4, -0.2) is 5.78 Å². The first-order valence-corrected chi connectivity index (χ1v) is 6.54. The second-order valence-corrected chi connectivity index (χ2v) is 5.06. The van der Waals surface area contributed by atoms with Gasteiger partial charge in [0.05, 0.1) is 10.6 Å². The number of halogens is 3. The number of rotatable bonds is 2. The van der Waals surface area contributed by atoms with Crippen molar-refractivity contribution in [3.63, 3.8) is 0 Å². The summed E-state index contributed by atoms with van der Waals surface area (Å²) < 4.78 is 33.1. The number of hydrogen-bond donors (Lipinski definition) is 0. The van der Waals surface area contributed by atoms with E-state index in [0.29, 0.717) is 16.0 Å². The molecule has 0 spiro atoms. The molecular formula is C16H9ClF2O2. The lowest BCUT2D eigenvalue weighted by atomic mass is 10.0. The fourth-order valence-electron chi connectivity index (χ4n) is 2.13. The van der Waals surface area contributed by atoms with Gasteiger partial charge in [-0.2, -0.15) is 0 Å². The summed E-state index contributed by atoms with van der Waals surface area (Å²) in [6.45, 7) is 1.46. The Morgan fingerprint density at radius 3 is 2.67 bits per heavy atom. The molecule has 0 unspecified atom stereocenters. The minimum Gasteiger partial charge on any atom is -0.451 e. The quantitative estimate of drug-likeness (QED) is 0.630. The van der Waals surface area contributed by atoms with Crippen LogP contribution in [0.5, 0.6) is 0 Å². The number of aryl methyl sites for hydroxylation is 1. The molecule has 0 atom stereocenters. The highest BCUT2D eigenvalue weighted by Gasteiger charge is 2.23. The Kier molecular flexibility index (Phi) is 3.26. The van der Waals surface area contributed by atoms with Crippen molar-refractivity contribution in [3.05, 3.63) is 69.9 Å². The fraction of sp³-hybridized carbons (Fsp3) is 0.0625. The third kappa shape index (κ3) is 2.21. The molecule has 2 aromatic carbocycles. The maximum Gasteiger partial charge on any atom is 0.234 e. The summed E-state index contributed by atoms with van der Waals surface area (Å²) in [5, 5.41) is 0.927. The normalized spacial score (nSPS) is 11.0. The number of para-hydroxylation sites is 1. The third-order valence-electron chi connectivity index (χ3n) is 3.23. The van der Waals surface area contributed by atoms with Crippen molar-refractivity contribution >= 4 is 28.4 Å². The summed E-state index contributed by atoms with van der Waals surface area (Å²) in [7, 11) is 0. The molecule has 0 fully saturated rings. The van der Waals surface area contributed by atoms with Crippen molar-refractivity contribution in [2.75, 3.05) is 0 Å². The van der Waals surface area contributed by atoms with E-state index < -0.39 is 23.0 Å². The van der Waals surface area contributed by atoms with Gasteiger partial charge in [0.25, 0.3) is 0 Å². The first-order valence-electron chi connectivity index (χ1n) is 6.16. The number of benzene rings is 2. The Labute approximate surface area is 123 Å². The van der Waals surface area contributed by atoms with Gasteiger partial charge in [0.15, 0.2) is 11.3 Å². The molecule has 21 heavy (non-hydrogen) atoms. The van der Waals surface area contributed by atoms with E-state index in [2.05, 4.69) is 0 Å². The topological polar surface area (TPSA) is 30.2 Å². The summed E-state index contributed by atoms with van der Waals surface area (Å²) in [6.07, 6.45) is 0. The van der Waals surface area contributed by atoms with Gasteiger partial charge in [-0.3, -0.25) is 4.79 Å². The highest BCUT2D eigenvalue weighted by Crippen LogP contribution is 2.29. The average Bonchev–Trinajstić information content (AvgIpc) is 2.89. The second-order valence-electron chi connectivity index (χ2n) is 4.65. The van der Waals surface area contributed by atoms with Crippen molar-refractivity contribution in [1.29, 1.82) is 0 Å². The zero-order valence-corrected chi connectivity index (χ0v) is 11.7. The summed E-state index contributed by atoms with van der Waals surface area (Å²) in [6, 6.07) is 8.76. The molecule has 0 bridgehead atoms. The smallest absolute Gasteiger partial charge is 0.234 e. The third-order valence-corrected chi connectivity index (χ3v) is 3.53. The van der Waals surface area contributed by atoms with Crippen molar-refractivity contribution < 1.29 is 18.0 Å². The average molecular weight is 307 g/mol. The van der Waals surface area contributed by atoms with E-state index in [-0.39, 0.29) is 11.3 Å². The molecule has 0 amide bonds. The van der Waals surface area contributed by atoms with Crippen LogP contribution in [0.3, 0.4) is 0 Å². The van der Waals surface area contributed by atoms with Crippen LogP contribution in [0.4, 0.5) is 8.78 Å². The maximum atomic E-state index is 14.0. The number of hydrogen-bond acceptors (Lipinski definition) is 2. The van der Waals surface area contributed by atoms with Gasteiger partial charge in [-0.25, -0.2) is 8.78 Å². The van der Waals surface area contributed by atoms with E-state index in [0.717, 1.165) is 6.07 Å². The van der Waals surface area contributed by atoms with Crippen LogP contribution in [-0.2, 0) is 0 Å². The molecule has 3 aromatic rings. The molecule has 2 nitrogen and oxygen atoms in total. The van der Waals surface area contributed by atoms with Gasteiger partial charge in [0.1, 0.15) is 11.6 Å². The number of ketones is 1. The molecule has 3 rings (SSSR count). The monoisotopic (exact) mass is 306 g/mol. The minimum absolute atomic E-state index is 0.151. The number of fused-ring (bicyclic) bond motifs is 1. The molecule has 0 aliphatic carbocycles. The van der Waals surface area contributed by atoms with Crippen LogP contribution in [0.25, 0.3) is 11.0 Å². The summed E-state index contributed by atoms with van der Waals surface area (Å²) in [5.74, 6) is -2.80. The first-order chi connectivity index (χ1) is 9.99. The van der Waals surface area contributed by atoms with E-state index in [4.69, 9.17) is 16.0 Å². The second kappa shape index (κ2) is 4.97. The van der Waals surface area contributed by atoms with Gasteiger partial charge in [-0.15, -0.1) is 0 Å². The van der Waals surface area contributed by atoms with Gasteiger partial charge in [0, 0.05) is 5.39 Å². The lowest BCUT2D eigenvalue weighted by Gasteiger charge is -2.04. The maximum absolute atomic E-state index is 14.0. The fourth-order valence-corrected chi connectivity index (χ4v) is 2.35.